The molecule has 2 aromatic rings. The van der Waals surface area contributed by atoms with Gasteiger partial charge in [-0.25, -0.2) is 0 Å². The highest BCUT2D eigenvalue weighted by molar-refractivity contribution is 7.86. The topological polar surface area (TPSA) is 82.1 Å². The molecule has 1 atom stereocenters. The molecule has 1 unspecified atom stereocenters. The number of halogens is 1. The van der Waals surface area contributed by atoms with Crippen LogP contribution in [0.3, 0.4) is 0 Å². The monoisotopic (exact) mass is 511 g/mol. The minimum atomic E-state index is -3.51. The lowest BCUT2D eigenvalue weighted by Gasteiger charge is -2.25. The third kappa shape index (κ3) is 7.61. The fraction of sp³-hybridized carbons (Fsp3) is 0.480. The van der Waals surface area contributed by atoms with Crippen LogP contribution in [-0.2, 0) is 23.0 Å². The molecular formula is C25H34ClNO6S. The number of methoxy groups -OCH3 is 2. The molecule has 0 aliphatic heterocycles. The molecule has 34 heavy (non-hydrogen) atoms. The first-order chi connectivity index (χ1) is 15.7. The summed E-state index contributed by atoms with van der Waals surface area (Å²) in [5.41, 5.74) is 2.92. The zero-order valence-electron chi connectivity index (χ0n) is 20.2. The number of ketones is 1. The molecule has 188 valence electrons. The molecule has 7 nitrogen and oxygen atoms in total. The van der Waals surface area contributed by atoms with Crippen LogP contribution in [-0.4, -0.2) is 59.7 Å². The lowest BCUT2D eigenvalue weighted by atomic mass is 9.80. The first-order valence-corrected chi connectivity index (χ1v) is 13.0. The quantitative estimate of drug-likeness (QED) is 0.419. The van der Waals surface area contributed by atoms with Gasteiger partial charge in [0.15, 0.2) is 17.3 Å². The Bertz CT molecular complexity index is 1070. The first kappa shape index (κ1) is 28.0. The SMILES string of the molecule is COc1cc2c(cc1OC)C(=O)C(CCCN(C)CCc1ccc(OS(C)(=O)=O)cc1)CC2.Cl. The standard InChI is InChI=1S/C25H33NO6S.ClH/c1-26(15-13-18-7-11-21(12-8-18)32-33(4,28)29)14-5-6-19-9-10-20-16-23(30-2)24(31-3)17-22(20)25(19)27;/h7-8,11-12,16-17,19H,5-6,9-10,13-15H2,1-4H3;1H. The summed E-state index contributed by atoms with van der Waals surface area (Å²) < 4.78 is 38.0. The molecule has 0 heterocycles. The molecule has 0 amide bonds. The van der Waals surface area contributed by atoms with Crippen LogP contribution in [0.4, 0.5) is 0 Å². The maximum Gasteiger partial charge on any atom is 0.306 e. The number of carbonyl (C=O) groups is 1. The fourth-order valence-electron chi connectivity index (χ4n) is 4.24. The molecule has 0 spiro atoms. The number of likely N-dealkylation sites (N-methyl/N-ethyl adjacent to an activating group) is 1. The summed E-state index contributed by atoms with van der Waals surface area (Å²) >= 11 is 0. The number of nitrogens with zero attached hydrogens (tertiary/aromatic N) is 1. The molecule has 0 N–H and O–H groups in total. The van der Waals surface area contributed by atoms with Crippen LogP contribution in [0, 0.1) is 5.92 Å². The Morgan fingerprint density at radius 1 is 1.03 bits per heavy atom. The fourth-order valence-corrected chi connectivity index (χ4v) is 4.70. The zero-order valence-corrected chi connectivity index (χ0v) is 21.8. The van der Waals surface area contributed by atoms with E-state index in [2.05, 4.69) is 11.9 Å². The summed E-state index contributed by atoms with van der Waals surface area (Å²) in [6, 6.07) is 10.9. The highest BCUT2D eigenvalue weighted by Gasteiger charge is 2.28. The molecule has 1 aliphatic carbocycles. The van der Waals surface area contributed by atoms with E-state index in [9.17, 15) is 13.2 Å². The molecule has 2 aromatic carbocycles. The number of hydrogen-bond acceptors (Lipinski definition) is 7. The number of carbonyl (C=O) groups excluding carboxylic acids is 1. The van der Waals surface area contributed by atoms with Crippen molar-refractivity contribution < 1.29 is 26.9 Å². The van der Waals surface area contributed by atoms with Gasteiger partial charge in [0.05, 0.1) is 20.5 Å². The molecule has 0 aromatic heterocycles. The summed E-state index contributed by atoms with van der Waals surface area (Å²) in [6.45, 7) is 1.79. The Morgan fingerprint density at radius 3 is 2.29 bits per heavy atom. The van der Waals surface area contributed by atoms with E-state index in [4.69, 9.17) is 13.7 Å². The second-order valence-electron chi connectivity index (χ2n) is 8.59. The average molecular weight is 512 g/mol. The van der Waals surface area contributed by atoms with Gasteiger partial charge in [0.25, 0.3) is 0 Å². The predicted molar refractivity (Wildman–Crippen MR) is 135 cm³/mol. The number of ether oxygens (including phenoxy) is 2. The van der Waals surface area contributed by atoms with Crippen LogP contribution in [0.15, 0.2) is 36.4 Å². The van der Waals surface area contributed by atoms with Crippen molar-refractivity contribution in [1.82, 2.24) is 4.90 Å². The molecule has 0 bridgehead atoms. The van der Waals surface area contributed by atoms with Gasteiger partial charge in [-0.05, 0) is 81.1 Å². The normalized spacial score (nSPS) is 15.4. The van der Waals surface area contributed by atoms with E-state index in [1.54, 1.807) is 26.4 Å². The molecule has 3 rings (SSSR count). The van der Waals surface area contributed by atoms with Crippen molar-refractivity contribution in [2.24, 2.45) is 5.92 Å². The van der Waals surface area contributed by atoms with Crippen LogP contribution >= 0.6 is 12.4 Å². The van der Waals surface area contributed by atoms with Gasteiger partial charge in [-0.2, -0.15) is 8.42 Å². The van der Waals surface area contributed by atoms with Crippen LogP contribution < -0.4 is 13.7 Å². The van der Waals surface area contributed by atoms with Crippen LogP contribution in [0.5, 0.6) is 17.2 Å². The highest BCUT2D eigenvalue weighted by atomic mass is 35.5. The highest BCUT2D eigenvalue weighted by Crippen LogP contribution is 2.36. The largest absolute Gasteiger partial charge is 0.493 e. The smallest absolute Gasteiger partial charge is 0.306 e. The minimum Gasteiger partial charge on any atom is -0.493 e. The second kappa shape index (κ2) is 12.4. The number of benzene rings is 2. The Labute approximate surface area is 208 Å². The third-order valence-corrected chi connectivity index (χ3v) is 6.55. The van der Waals surface area contributed by atoms with Gasteiger partial charge in [-0.3, -0.25) is 4.79 Å². The van der Waals surface area contributed by atoms with Gasteiger partial charge < -0.3 is 18.6 Å². The number of aryl methyl sites for hydroxylation is 1. The number of Topliss-reactive ketones (excluding diaryl/α,β-unsaturated/α-hetero) is 1. The van der Waals surface area contributed by atoms with Crippen LogP contribution in [0.1, 0.15) is 40.7 Å². The van der Waals surface area contributed by atoms with Gasteiger partial charge >= 0.3 is 10.1 Å². The van der Waals surface area contributed by atoms with Crippen molar-refractivity contribution in [2.75, 3.05) is 40.6 Å². The summed E-state index contributed by atoms with van der Waals surface area (Å²) in [4.78, 5) is 15.3. The molecule has 0 radical (unpaired) electrons. The summed E-state index contributed by atoms with van der Waals surface area (Å²) in [5.74, 6) is 1.84. The van der Waals surface area contributed by atoms with E-state index in [-0.39, 0.29) is 24.1 Å². The Morgan fingerprint density at radius 2 is 1.68 bits per heavy atom. The van der Waals surface area contributed by atoms with Crippen molar-refractivity contribution in [3.05, 3.63) is 53.1 Å². The molecule has 1 aliphatic rings. The Balaban J connectivity index is 0.00000408. The zero-order chi connectivity index (χ0) is 24.0. The van der Waals surface area contributed by atoms with Crippen molar-refractivity contribution in [3.8, 4) is 17.2 Å². The molecule has 9 heteroatoms. The van der Waals surface area contributed by atoms with Gasteiger partial charge in [0, 0.05) is 18.0 Å². The van der Waals surface area contributed by atoms with Gasteiger partial charge in [-0.15, -0.1) is 12.4 Å². The lowest BCUT2D eigenvalue weighted by Crippen LogP contribution is -2.26. The maximum atomic E-state index is 13.0. The maximum absolute atomic E-state index is 13.0. The third-order valence-electron chi connectivity index (χ3n) is 6.05. The number of fused-ring (bicyclic) bond motifs is 1. The number of rotatable bonds is 11. The van der Waals surface area contributed by atoms with E-state index < -0.39 is 10.1 Å². The van der Waals surface area contributed by atoms with Gasteiger partial charge in [-0.1, -0.05) is 12.1 Å². The summed E-state index contributed by atoms with van der Waals surface area (Å²) in [6.07, 6.45) is 5.45. The Kier molecular flexibility index (Phi) is 10.2. The molecule has 0 saturated heterocycles. The first-order valence-electron chi connectivity index (χ1n) is 11.2. The van der Waals surface area contributed by atoms with Crippen molar-refractivity contribution in [3.63, 3.8) is 0 Å². The van der Waals surface area contributed by atoms with Crippen molar-refractivity contribution >= 4 is 28.3 Å². The molecule has 0 saturated carbocycles. The van der Waals surface area contributed by atoms with Crippen molar-refractivity contribution in [2.45, 2.75) is 32.1 Å². The van der Waals surface area contributed by atoms with E-state index in [0.717, 1.165) is 68.1 Å². The average Bonchev–Trinajstić information content (AvgIpc) is 2.78. The van der Waals surface area contributed by atoms with Crippen LogP contribution in [0.25, 0.3) is 0 Å². The van der Waals surface area contributed by atoms with E-state index >= 15 is 0 Å². The van der Waals surface area contributed by atoms with E-state index in [0.29, 0.717) is 17.2 Å². The van der Waals surface area contributed by atoms with Crippen LogP contribution in [0.2, 0.25) is 0 Å². The Hall–Kier alpha value is -2.29. The van der Waals surface area contributed by atoms with E-state index in [1.807, 2.05) is 24.3 Å². The summed E-state index contributed by atoms with van der Waals surface area (Å²) in [7, 11) is 1.77. The van der Waals surface area contributed by atoms with E-state index in [1.165, 1.54) is 0 Å². The minimum absolute atomic E-state index is 0. The summed E-state index contributed by atoms with van der Waals surface area (Å²) in [5, 5.41) is 0. The van der Waals surface area contributed by atoms with Crippen molar-refractivity contribution in [1.29, 1.82) is 0 Å². The molecule has 0 fully saturated rings. The van der Waals surface area contributed by atoms with Gasteiger partial charge in [0.1, 0.15) is 5.75 Å². The lowest BCUT2D eigenvalue weighted by molar-refractivity contribution is 0.0890. The van der Waals surface area contributed by atoms with Gasteiger partial charge in [0.2, 0.25) is 0 Å². The molecular weight excluding hydrogens is 478 g/mol. The predicted octanol–water partition coefficient (Wildman–Crippen LogP) is 4.16. The second-order valence-corrected chi connectivity index (χ2v) is 10.2. The number of hydrogen-bond donors (Lipinski definition) is 0.